The lowest BCUT2D eigenvalue weighted by Crippen LogP contribution is -2.32. The van der Waals surface area contributed by atoms with Gasteiger partial charge in [-0.2, -0.15) is 4.68 Å². The van der Waals surface area contributed by atoms with Crippen LogP contribution in [0.3, 0.4) is 0 Å². The zero-order valence-electron chi connectivity index (χ0n) is 12.5. The molecule has 0 aliphatic carbocycles. The predicted octanol–water partition coefficient (Wildman–Crippen LogP) is 3.15. The molecule has 0 aliphatic heterocycles. The zero-order valence-corrected chi connectivity index (χ0v) is 14.9. The summed E-state index contributed by atoms with van der Waals surface area (Å²) in [6.07, 6.45) is 0. The molecule has 6 nitrogen and oxygen atoms in total. The van der Waals surface area contributed by atoms with Gasteiger partial charge in [-0.05, 0) is 29.8 Å². The Kier molecular flexibility index (Phi) is 5.17. The van der Waals surface area contributed by atoms with E-state index in [4.69, 9.17) is 5.84 Å². The van der Waals surface area contributed by atoms with Crippen LogP contribution in [0.5, 0.6) is 0 Å². The first kappa shape index (κ1) is 16.5. The Balaban J connectivity index is 1.75. The molecule has 1 heterocycles. The van der Waals surface area contributed by atoms with E-state index in [1.54, 1.807) is 0 Å². The van der Waals surface area contributed by atoms with Crippen LogP contribution in [0.25, 0.3) is 0 Å². The molecule has 0 unspecified atom stereocenters. The number of hydrogen-bond acceptors (Lipinski definition) is 6. The number of nitrogens with zero attached hydrogens (tertiary/aromatic N) is 3. The fourth-order valence-corrected chi connectivity index (χ4v) is 3.02. The van der Waals surface area contributed by atoms with Crippen LogP contribution < -0.4 is 16.7 Å². The first-order valence-corrected chi connectivity index (χ1v) is 8.85. The van der Waals surface area contributed by atoms with Gasteiger partial charge in [0.1, 0.15) is 0 Å². The van der Waals surface area contributed by atoms with Crippen LogP contribution in [-0.4, -0.2) is 14.9 Å². The number of aromatic nitrogens is 3. The third-order valence-corrected chi connectivity index (χ3v) is 4.72. The second kappa shape index (κ2) is 7.50. The SMILES string of the molecule is Nn1c(SCc2ccc(Br)cc2)nnc(Nc2ccccc2)c1=O. The molecule has 0 amide bonds. The van der Waals surface area contributed by atoms with Gasteiger partial charge in [0, 0.05) is 15.9 Å². The number of nitrogens with one attached hydrogen (secondary N) is 1. The molecule has 3 rings (SSSR count). The van der Waals surface area contributed by atoms with E-state index in [1.807, 2.05) is 54.6 Å². The molecular formula is C16H14BrN5OS. The van der Waals surface area contributed by atoms with Gasteiger partial charge in [0.05, 0.1) is 0 Å². The van der Waals surface area contributed by atoms with E-state index >= 15 is 0 Å². The van der Waals surface area contributed by atoms with Gasteiger partial charge in [-0.25, -0.2) is 0 Å². The maximum atomic E-state index is 12.3. The molecule has 0 bridgehead atoms. The molecule has 0 fully saturated rings. The third-order valence-electron chi connectivity index (χ3n) is 3.18. The minimum absolute atomic E-state index is 0.0942. The lowest BCUT2D eigenvalue weighted by molar-refractivity contribution is 0.705. The molecule has 0 aliphatic rings. The van der Waals surface area contributed by atoms with E-state index < -0.39 is 5.56 Å². The van der Waals surface area contributed by atoms with Gasteiger partial charge in [-0.15, -0.1) is 10.2 Å². The molecule has 3 aromatic rings. The van der Waals surface area contributed by atoms with Crippen molar-refractivity contribution in [3.63, 3.8) is 0 Å². The number of benzene rings is 2. The Morgan fingerprint density at radius 3 is 2.50 bits per heavy atom. The fraction of sp³-hybridized carbons (Fsp3) is 0.0625. The summed E-state index contributed by atoms with van der Waals surface area (Å²) in [7, 11) is 0. The van der Waals surface area contributed by atoms with E-state index in [0.29, 0.717) is 10.9 Å². The van der Waals surface area contributed by atoms with E-state index in [9.17, 15) is 4.79 Å². The van der Waals surface area contributed by atoms with Crippen LogP contribution in [0.4, 0.5) is 11.5 Å². The molecule has 2 aromatic carbocycles. The standard InChI is InChI=1S/C16H14BrN5OS/c17-12-8-6-11(7-9-12)10-24-16-21-20-14(15(23)22(16)18)19-13-4-2-1-3-5-13/h1-9H,10,18H2,(H,19,20). The molecular weight excluding hydrogens is 390 g/mol. The normalized spacial score (nSPS) is 10.5. The highest BCUT2D eigenvalue weighted by molar-refractivity contribution is 9.10. The van der Waals surface area contributed by atoms with Crippen LogP contribution in [-0.2, 0) is 5.75 Å². The highest BCUT2D eigenvalue weighted by Crippen LogP contribution is 2.20. The molecule has 0 saturated carbocycles. The Bertz CT molecular complexity index is 883. The average molecular weight is 404 g/mol. The molecule has 8 heteroatoms. The summed E-state index contributed by atoms with van der Waals surface area (Å²) in [5.74, 6) is 6.60. The highest BCUT2D eigenvalue weighted by Gasteiger charge is 2.11. The smallest absolute Gasteiger partial charge is 0.315 e. The number of para-hydroxylation sites is 1. The molecule has 1 aromatic heterocycles. The van der Waals surface area contributed by atoms with Gasteiger partial charge in [-0.1, -0.05) is 58.0 Å². The average Bonchev–Trinajstić information content (AvgIpc) is 2.61. The quantitative estimate of drug-likeness (QED) is 0.502. The number of rotatable bonds is 5. The number of nitrogen functional groups attached to an aromatic ring is 1. The molecule has 122 valence electrons. The second-order valence-corrected chi connectivity index (χ2v) is 6.77. The maximum absolute atomic E-state index is 12.3. The Morgan fingerprint density at radius 2 is 1.79 bits per heavy atom. The summed E-state index contributed by atoms with van der Waals surface area (Å²) < 4.78 is 2.03. The lowest BCUT2D eigenvalue weighted by atomic mass is 10.2. The lowest BCUT2D eigenvalue weighted by Gasteiger charge is -2.09. The Labute approximate surface area is 151 Å². The molecule has 0 atom stereocenters. The molecule has 0 radical (unpaired) electrons. The van der Waals surface area contributed by atoms with Gasteiger partial charge < -0.3 is 11.2 Å². The first-order chi connectivity index (χ1) is 11.6. The van der Waals surface area contributed by atoms with Crippen molar-refractivity contribution in [1.82, 2.24) is 14.9 Å². The van der Waals surface area contributed by atoms with E-state index in [1.165, 1.54) is 11.8 Å². The second-order valence-electron chi connectivity index (χ2n) is 4.91. The maximum Gasteiger partial charge on any atom is 0.315 e. The van der Waals surface area contributed by atoms with Crippen LogP contribution in [0.2, 0.25) is 0 Å². The summed E-state index contributed by atoms with van der Waals surface area (Å²) in [4.78, 5) is 12.3. The van der Waals surface area contributed by atoms with Crippen LogP contribution in [0.15, 0.2) is 69.0 Å². The number of hydrogen-bond donors (Lipinski definition) is 2. The topological polar surface area (TPSA) is 85.8 Å². The van der Waals surface area contributed by atoms with Crippen molar-refractivity contribution in [3.05, 3.63) is 75.0 Å². The van der Waals surface area contributed by atoms with Gasteiger partial charge in [-0.3, -0.25) is 4.79 Å². The van der Waals surface area contributed by atoms with E-state index in [0.717, 1.165) is 20.4 Å². The van der Waals surface area contributed by atoms with Crippen molar-refractivity contribution in [2.45, 2.75) is 10.9 Å². The van der Waals surface area contributed by atoms with Gasteiger partial charge in [0.25, 0.3) is 0 Å². The summed E-state index contributed by atoms with van der Waals surface area (Å²) in [6, 6.07) is 17.2. The van der Waals surface area contributed by atoms with Gasteiger partial charge in [0.15, 0.2) is 0 Å². The largest absolute Gasteiger partial charge is 0.334 e. The third kappa shape index (κ3) is 3.95. The molecule has 24 heavy (non-hydrogen) atoms. The van der Waals surface area contributed by atoms with Crippen molar-refractivity contribution in [1.29, 1.82) is 0 Å². The number of halogens is 1. The van der Waals surface area contributed by atoms with Crippen LogP contribution in [0.1, 0.15) is 5.56 Å². The van der Waals surface area contributed by atoms with E-state index in [2.05, 4.69) is 31.4 Å². The van der Waals surface area contributed by atoms with Crippen molar-refractivity contribution in [3.8, 4) is 0 Å². The minimum Gasteiger partial charge on any atom is -0.334 e. The van der Waals surface area contributed by atoms with Crippen molar-refractivity contribution in [2.24, 2.45) is 0 Å². The minimum atomic E-state index is -0.424. The Morgan fingerprint density at radius 1 is 1.08 bits per heavy atom. The summed E-state index contributed by atoms with van der Waals surface area (Å²) in [5, 5.41) is 11.3. The summed E-state index contributed by atoms with van der Waals surface area (Å²) in [6.45, 7) is 0. The van der Waals surface area contributed by atoms with Crippen LogP contribution >= 0.6 is 27.7 Å². The summed E-state index contributed by atoms with van der Waals surface area (Å²) in [5.41, 5.74) is 1.43. The molecule has 3 N–H and O–H groups in total. The molecule has 0 saturated heterocycles. The van der Waals surface area contributed by atoms with Crippen molar-refractivity contribution >= 4 is 39.2 Å². The first-order valence-electron chi connectivity index (χ1n) is 7.07. The van der Waals surface area contributed by atoms with Crippen LogP contribution in [0, 0.1) is 0 Å². The van der Waals surface area contributed by atoms with Crippen molar-refractivity contribution in [2.75, 3.05) is 11.2 Å². The highest BCUT2D eigenvalue weighted by atomic mass is 79.9. The predicted molar refractivity (Wildman–Crippen MR) is 99.9 cm³/mol. The van der Waals surface area contributed by atoms with Gasteiger partial charge >= 0.3 is 5.56 Å². The monoisotopic (exact) mass is 403 g/mol. The number of nitrogens with two attached hydrogens (primary N) is 1. The van der Waals surface area contributed by atoms with Crippen molar-refractivity contribution < 1.29 is 0 Å². The fourth-order valence-electron chi connectivity index (χ4n) is 1.95. The summed E-state index contributed by atoms with van der Waals surface area (Å²) >= 11 is 4.75. The number of anilines is 2. The Hall–Kier alpha value is -2.32. The number of thioether (sulfide) groups is 1. The van der Waals surface area contributed by atoms with E-state index in [-0.39, 0.29) is 5.82 Å². The van der Waals surface area contributed by atoms with Gasteiger partial charge in [0.2, 0.25) is 11.0 Å². The molecule has 0 spiro atoms. The zero-order chi connectivity index (χ0) is 16.9.